The van der Waals surface area contributed by atoms with Gasteiger partial charge in [-0.15, -0.1) is 0 Å². The van der Waals surface area contributed by atoms with Gasteiger partial charge in [0.15, 0.2) is 0 Å². The van der Waals surface area contributed by atoms with Crippen LogP contribution in [0.15, 0.2) is 73.2 Å². The third-order valence-corrected chi connectivity index (χ3v) is 4.35. The number of hydrogen-bond acceptors (Lipinski definition) is 4. The second-order valence-electron chi connectivity index (χ2n) is 6.26. The molecule has 140 valence electrons. The van der Waals surface area contributed by atoms with Crippen molar-refractivity contribution in [3.05, 3.63) is 84.3 Å². The molecule has 0 spiro atoms. The molecule has 0 unspecified atom stereocenters. The van der Waals surface area contributed by atoms with Gasteiger partial charge < -0.3 is 14.5 Å². The van der Waals surface area contributed by atoms with Crippen LogP contribution in [0.5, 0.6) is 5.88 Å². The van der Waals surface area contributed by atoms with E-state index in [1.54, 1.807) is 18.5 Å². The van der Waals surface area contributed by atoms with Crippen LogP contribution in [0.2, 0.25) is 0 Å². The Morgan fingerprint density at radius 1 is 1.07 bits per heavy atom. The molecule has 0 saturated carbocycles. The zero-order chi connectivity index (χ0) is 19.3. The standard InChI is InChI=1S/C22H20N4O2/c1-2-28-22-17(9-6-12-23-22)13-24-21(27)18-10-11-20-25-19(15-26(20)14-18)16-7-4-3-5-8-16/h3-12,14-15H,2,13H2,1H3,(H,24,27). The van der Waals surface area contributed by atoms with Crippen molar-refractivity contribution in [2.24, 2.45) is 0 Å². The lowest BCUT2D eigenvalue weighted by Crippen LogP contribution is -2.23. The van der Waals surface area contributed by atoms with E-state index in [-0.39, 0.29) is 5.91 Å². The predicted octanol–water partition coefficient (Wildman–Crippen LogP) is 3.73. The number of ether oxygens (including phenoxy) is 1. The van der Waals surface area contributed by atoms with E-state index in [9.17, 15) is 4.79 Å². The Labute approximate surface area is 162 Å². The first kappa shape index (κ1) is 17.7. The molecule has 4 aromatic rings. The van der Waals surface area contributed by atoms with Crippen molar-refractivity contribution in [2.75, 3.05) is 6.61 Å². The van der Waals surface area contributed by atoms with Crippen LogP contribution < -0.4 is 10.1 Å². The summed E-state index contributed by atoms with van der Waals surface area (Å²) in [5.41, 5.74) is 4.10. The molecule has 3 aromatic heterocycles. The molecule has 6 nitrogen and oxygen atoms in total. The van der Waals surface area contributed by atoms with Crippen LogP contribution in [0.25, 0.3) is 16.9 Å². The topological polar surface area (TPSA) is 68.5 Å². The molecule has 0 aliphatic rings. The molecule has 0 bridgehead atoms. The molecule has 6 heteroatoms. The number of carbonyl (C=O) groups excluding carboxylic acids is 1. The number of nitrogens with one attached hydrogen (secondary N) is 1. The minimum atomic E-state index is -0.164. The maximum atomic E-state index is 12.6. The van der Waals surface area contributed by atoms with Crippen molar-refractivity contribution in [3.8, 4) is 17.1 Å². The molecule has 0 aliphatic carbocycles. The largest absolute Gasteiger partial charge is 0.478 e. The highest BCUT2D eigenvalue weighted by atomic mass is 16.5. The van der Waals surface area contributed by atoms with Crippen molar-refractivity contribution in [2.45, 2.75) is 13.5 Å². The number of aromatic nitrogens is 3. The Bertz CT molecular complexity index is 1110. The van der Waals surface area contributed by atoms with Gasteiger partial charge in [-0.1, -0.05) is 36.4 Å². The van der Waals surface area contributed by atoms with Gasteiger partial charge in [0, 0.05) is 36.3 Å². The van der Waals surface area contributed by atoms with Gasteiger partial charge in [0.05, 0.1) is 17.9 Å². The molecule has 1 N–H and O–H groups in total. The first-order valence-corrected chi connectivity index (χ1v) is 9.13. The second kappa shape index (κ2) is 7.92. The number of pyridine rings is 2. The van der Waals surface area contributed by atoms with E-state index in [0.29, 0.717) is 24.6 Å². The van der Waals surface area contributed by atoms with Crippen molar-refractivity contribution < 1.29 is 9.53 Å². The molecular formula is C22H20N4O2. The lowest BCUT2D eigenvalue weighted by Gasteiger charge is -2.10. The normalized spacial score (nSPS) is 10.8. The van der Waals surface area contributed by atoms with Gasteiger partial charge in [0.25, 0.3) is 5.91 Å². The summed E-state index contributed by atoms with van der Waals surface area (Å²) in [6.07, 6.45) is 5.39. The van der Waals surface area contributed by atoms with Crippen molar-refractivity contribution >= 4 is 11.6 Å². The number of nitrogens with zero attached hydrogens (tertiary/aromatic N) is 3. The number of benzene rings is 1. The Hall–Kier alpha value is -3.67. The van der Waals surface area contributed by atoms with Crippen molar-refractivity contribution in [1.29, 1.82) is 0 Å². The summed E-state index contributed by atoms with van der Waals surface area (Å²) in [6, 6.07) is 17.3. The van der Waals surface area contributed by atoms with Crippen LogP contribution in [-0.2, 0) is 6.54 Å². The van der Waals surface area contributed by atoms with Crippen LogP contribution in [-0.4, -0.2) is 26.9 Å². The van der Waals surface area contributed by atoms with Crippen LogP contribution in [0.1, 0.15) is 22.8 Å². The van der Waals surface area contributed by atoms with E-state index < -0.39 is 0 Å². The maximum absolute atomic E-state index is 12.6. The smallest absolute Gasteiger partial charge is 0.253 e. The molecular weight excluding hydrogens is 352 g/mol. The summed E-state index contributed by atoms with van der Waals surface area (Å²) in [4.78, 5) is 21.4. The van der Waals surface area contributed by atoms with Crippen LogP contribution in [0, 0.1) is 0 Å². The quantitative estimate of drug-likeness (QED) is 0.560. The number of carbonyl (C=O) groups is 1. The number of amides is 1. The van der Waals surface area contributed by atoms with E-state index in [0.717, 1.165) is 22.5 Å². The summed E-state index contributed by atoms with van der Waals surface area (Å²) < 4.78 is 7.37. The molecule has 0 atom stereocenters. The fourth-order valence-electron chi connectivity index (χ4n) is 2.98. The predicted molar refractivity (Wildman–Crippen MR) is 107 cm³/mol. The summed E-state index contributed by atoms with van der Waals surface area (Å²) in [5.74, 6) is 0.381. The van der Waals surface area contributed by atoms with Crippen LogP contribution in [0.3, 0.4) is 0 Å². The first-order chi connectivity index (χ1) is 13.7. The van der Waals surface area contributed by atoms with Gasteiger partial charge in [0.2, 0.25) is 5.88 Å². The Balaban J connectivity index is 1.52. The van der Waals surface area contributed by atoms with E-state index in [1.165, 1.54) is 0 Å². The molecule has 0 saturated heterocycles. The van der Waals surface area contributed by atoms with Crippen molar-refractivity contribution in [1.82, 2.24) is 19.7 Å². The summed E-state index contributed by atoms with van der Waals surface area (Å²) in [7, 11) is 0. The Morgan fingerprint density at radius 3 is 2.75 bits per heavy atom. The Morgan fingerprint density at radius 2 is 1.93 bits per heavy atom. The highest BCUT2D eigenvalue weighted by Crippen LogP contribution is 2.19. The molecule has 4 rings (SSSR count). The number of hydrogen-bond donors (Lipinski definition) is 1. The molecule has 0 radical (unpaired) electrons. The van der Waals surface area contributed by atoms with Gasteiger partial charge in [-0.3, -0.25) is 4.79 Å². The van der Waals surface area contributed by atoms with Gasteiger partial charge in [-0.2, -0.15) is 0 Å². The zero-order valence-corrected chi connectivity index (χ0v) is 15.5. The fourth-order valence-corrected chi connectivity index (χ4v) is 2.98. The summed E-state index contributed by atoms with van der Waals surface area (Å²) in [5, 5.41) is 2.92. The van der Waals surface area contributed by atoms with Crippen molar-refractivity contribution in [3.63, 3.8) is 0 Å². The highest BCUT2D eigenvalue weighted by molar-refractivity contribution is 5.94. The second-order valence-corrected chi connectivity index (χ2v) is 6.26. The average Bonchev–Trinajstić information content (AvgIpc) is 3.17. The number of fused-ring (bicyclic) bond motifs is 1. The number of rotatable bonds is 6. The lowest BCUT2D eigenvalue weighted by atomic mass is 10.2. The van der Waals surface area contributed by atoms with Crippen LogP contribution in [0.4, 0.5) is 0 Å². The van der Waals surface area contributed by atoms with Gasteiger partial charge in [-0.25, -0.2) is 9.97 Å². The fraction of sp³-hybridized carbons (Fsp3) is 0.136. The highest BCUT2D eigenvalue weighted by Gasteiger charge is 2.11. The molecule has 1 aromatic carbocycles. The van der Waals surface area contributed by atoms with Gasteiger partial charge >= 0.3 is 0 Å². The van der Waals surface area contributed by atoms with E-state index >= 15 is 0 Å². The first-order valence-electron chi connectivity index (χ1n) is 9.13. The SMILES string of the molecule is CCOc1ncccc1CNC(=O)c1ccc2nc(-c3ccccc3)cn2c1. The van der Waals surface area contributed by atoms with Gasteiger partial charge in [0.1, 0.15) is 5.65 Å². The monoisotopic (exact) mass is 372 g/mol. The summed E-state index contributed by atoms with van der Waals surface area (Å²) in [6.45, 7) is 2.78. The van der Waals surface area contributed by atoms with E-state index in [1.807, 2.05) is 66.1 Å². The minimum absolute atomic E-state index is 0.164. The Kier molecular flexibility index (Phi) is 5.01. The third-order valence-electron chi connectivity index (χ3n) is 4.35. The number of imidazole rings is 1. The van der Waals surface area contributed by atoms with Gasteiger partial charge in [-0.05, 0) is 25.1 Å². The molecule has 1 amide bonds. The summed E-state index contributed by atoms with van der Waals surface area (Å²) >= 11 is 0. The molecule has 3 heterocycles. The molecule has 0 aliphatic heterocycles. The minimum Gasteiger partial charge on any atom is -0.478 e. The third kappa shape index (κ3) is 3.71. The van der Waals surface area contributed by atoms with E-state index in [2.05, 4.69) is 15.3 Å². The van der Waals surface area contributed by atoms with E-state index in [4.69, 9.17) is 4.74 Å². The molecule has 0 fully saturated rings. The average molecular weight is 372 g/mol. The maximum Gasteiger partial charge on any atom is 0.253 e. The molecule has 28 heavy (non-hydrogen) atoms. The zero-order valence-electron chi connectivity index (χ0n) is 15.5. The lowest BCUT2D eigenvalue weighted by molar-refractivity contribution is 0.0950. The van der Waals surface area contributed by atoms with Crippen LogP contribution >= 0.6 is 0 Å².